The average molecular weight is 540 g/mol. The van der Waals surface area contributed by atoms with Crippen molar-refractivity contribution in [1.29, 1.82) is 0 Å². The van der Waals surface area contributed by atoms with Gasteiger partial charge in [0.15, 0.2) is 17.3 Å². The van der Waals surface area contributed by atoms with E-state index >= 15 is 0 Å². The maximum absolute atomic E-state index is 14.5. The number of hydrogen-bond donors (Lipinski definition) is 0. The molecule has 8 nitrogen and oxygen atoms in total. The van der Waals surface area contributed by atoms with Gasteiger partial charge in [-0.15, -0.1) is 0 Å². The maximum Gasteiger partial charge on any atom is 0.254 e. The van der Waals surface area contributed by atoms with Crippen LogP contribution >= 0.6 is 0 Å². The highest BCUT2D eigenvalue weighted by Gasteiger charge is 2.48. The first-order valence-electron chi connectivity index (χ1n) is 13.7. The number of benzene rings is 3. The van der Waals surface area contributed by atoms with Gasteiger partial charge in [0.05, 0.1) is 26.2 Å². The van der Waals surface area contributed by atoms with E-state index in [1.807, 2.05) is 58.3 Å². The first-order valence-corrected chi connectivity index (χ1v) is 13.7. The molecule has 40 heavy (non-hydrogen) atoms. The minimum Gasteiger partial charge on any atom is -0.493 e. The molecule has 6 rings (SSSR count). The number of ether oxygens (including phenoxy) is 2. The van der Waals surface area contributed by atoms with E-state index in [-0.39, 0.29) is 23.6 Å². The van der Waals surface area contributed by atoms with Crippen molar-refractivity contribution >= 4 is 23.3 Å². The van der Waals surface area contributed by atoms with Crippen LogP contribution < -0.4 is 14.4 Å². The van der Waals surface area contributed by atoms with Crippen LogP contribution in [0, 0.1) is 0 Å². The number of anilines is 1. The van der Waals surface area contributed by atoms with Gasteiger partial charge < -0.3 is 24.2 Å². The van der Waals surface area contributed by atoms with Crippen LogP contribution in [0.5, 0.6) is 11.5 Å². The Labute approximate surface area is 234 Å². The molecule has 0 aliphatic carbocycles. The third-order valence-corrected chi connectivity index (χ3v) is 8.53. The second kappa shape index (κ2) is 10.3. The van der Waals surface area contributed by atoms with Gasteiger partial charge in [-0.1, -0.05) is 24.3 Å². The van der Waals surface area contributed by atoms with Gasteiger partial charge in [-0.3, -0.25) is 14.4 Å². The number of nitrogens with zero attached hydrogens (tertiary/aromatic N) is 3. The molecule has 0 bridgehead atoms. The molecular formula is C32H33N3O5. The van der Waals surface area contributed by atoms with Crippen LogP contribution in [0.4, 0.5) is 5.69 Å². The monoisotopic (exact) mass is 539 g/mol. The number of rotatable bonds is 5. The number of carbonyl (C=O) groups is 3. The lowest BCUT2D eigenvalue weighted by molar-refractivity contribution is -0.135. The fourth-order valence-electron chi connectivity index (χ4n) is 6.40. The molecule has 3 heterocycles. The lowest BCUT2D eigenvalue weighted by Gasteiger charge is -2.47. The van der Waals surface area contributed by atoms with Gasteiger partial charge in [-0.2, -0.15) is 0 Å². The summed E-state index contributed by atoms with van der Waals surface area (Å²) in [4.78, 5) is 46.0. The summed E-state index contributed by atoms with van der Waals surface area (Å²) in [6.07, 6.45) is 0.753. The molecule has 0 saturated carbocycles. The number of fused-ring (bicyclic) bond motifs is 4. The van der Waals surface area contributed by atoms with Crippen molar-refractivity contribution in [3.63, 3.8) is 0 Å². The topological polar surface area (TPSA) is 79.4 Å². The molecular weight excluding hydrogens is 506 g/mol. The normalized spacial score (nSPS) is 19.9. The first kappa shape index (κ1) is 25.9. The van der Waals surface area contributed by atoms with Gasteiger partial charge in [-0.25, -0.2) is 0 Å². The summed E-state index contributed by atoms with van der Waals surface area (Å²) in [5.74, 6) is 0.387. The molecule has 2 atom stereocenters. The standard InChI is InChI=1S/C32H33N3O5/c1-20(36)21-8-10-23(11-9-21)33-14-16-34(17-15-33)32(38)29-25-18-27(39-2)28(40-3)19-26(25)31(37)35-13-12-22-6-4-5-7-24(22)30(29)35/h4-11,18-19,29-30H,12-17H2,1-3H3. The Bertz CT molecular complexity index is 1480. The summed E-state index contributed by atoms with van der Waals surface area (Å²) in [7, 11) is 3.11. The Morgan fingerprint density at radius 1 is 0.825 bits per heavy atom. The Hall–Kier alpha value is -4.33. The lowest BCUT2D eigenvalue weighted by atomic mass is 9.75. The molecule has 0 aromatic heterocycles. The molecule has 206 valence electrons. The Morgan fingerprint density at radius 2 is 1.50 bits per heavy atom. The molecule has 8 heteroatoms. The van der Waals surface area contributed by atoms with E-state index in [0.29, 0.717) is 60.9 Å². The Balaban J connectivity index is 1.34. The summed E-state index contributed by atoms with van der Waals surface area (Å²) in [6.45, 7) is 4.61. The molecule has 1 fully saturated rings. The molecule has 0 spiro atoms. The van der Waals surface area contributed by atoms with Gasteiger partial charge in [0.25, 0.3) is 5.91 Å². The predicted octanol–water partition coefficient (Wildman–Crippen LogP) is 4.09. The molecule has 0 N–H and O–H groups in total. The Kier molecular flexibility index (Phi) is 6.70. The molecule has 2 amide bonds. The van der Waals surface area contributed by atoms with Crippen molar-refractivity contribution in [1.82, 2.24) is 9.80 Å². The summed E-state index contributed by atoms with van der Waals surface area (Å²) in [5, 5.41) is 0. The number of amides is 2. The van der Waals surface area contributed by atoms with Crippen LogP contribution in [0.2, 0.25) is 0 Å². The number of methoxy groups -OCH3 is 2. The highest BCUT2D eigenvalue weighted by atomic mass is 16.5. The van der Waals surface area contributed by atoms with Crippen molar-refractivity contribution in [2.75, 3.05) is 51.8 Å². The van der Waals surface area contributed by atoms with Gasteiger partial charge in [0.1, 0.15) is 0 Å². The smallest absolute Gasteiger partial charge is 0.254 e. The molecule has 3 aromatic carbocycles. The van der Waals surface area contributed by atoms with Gasteiger partial charge in [-0.05, 0) is 66.4 Å². The predicted molar refractivity (Wildman–Crippen MR) is 151 cm³/mol. The van der Waals surface area contributed by atoms with E-state index in [4.69, 9.17) is 9.47 Å². The minimum absolute atomic E-state index is 0.0132. The number of piperazine rings is 1. The van der Waals surface area contributed by atoms with Crippen LogP contribution in [0.1, 0.15) is 56.3 Å². The summed E-state index contributed by atoms with van der Waals surface area (Å²) >= 11 is 0. The number of hydrogen-bond acceptors (Lipinski definition) is 6. The number of Topliss-reactive ketones (excluding diaryl/α,β-unsaturated/α-hetero) is 1. The van der Waals surface area contributed by atoms with Crippen molar-refractivity contribution in [2.45, 2.75) is 25.3 Å². The van der Waals surface area contributed by atoms with Crippen molar-refractivity contribution < 1.29 is 23.9 Å². The molecule has 3 aliphatic rings. The first-order chi connectivity index (χ1) is 19.4. The van der Waals surface area contributed by atoms with Crippen LogP contribution in [0.25, 0.3) is 0 Å². The Morgan fingerprint density at radius 3 is 2.17 bits per heavy atom. The van der Waals surface area contributed by atoms with E-state index in [2.05, 4.69) is 11.0 Å². The van der Waals surface area contributed by atoms with E-state index in [1.54, 1.807) is 27.2 Å². The van der Waals surface area contributed by atoms with Crippen LogP contribution in [-0.4, -0.2) is 74.3 Å². The maximum atomic E-state index is 14.5. The molecule has 3 aliphatic heterocycles. The van der Waals surface area contributed by atoms with Crippen LogP contribution in [0.3, 0.4) is 0 Å². The summed E-state index contributed by atoms with van der Waals surface area (Å²) in [6, 6.07) is 18.9. The summed E-state index contributed by atoms with van der Waals surface area (Å²) in [5.41, 5.74) is 5.12. The van der Waals surface area contributed by atoms with Gasteiger partial charge in [0, 0.05) is 49.5 Å². The largest absolute Gasteiger partial charge is 0.493 e. The van der Waals surface area contributed by atoms with E-state index < -0.39 is 5.92 Å². The van der Waals surface area contributed by atoms with E-state index in [9.17, 15) is 14.4 Å². The zero-order valence-corrected chi connectivity index (χ0v) is 23.1. The molecule has 1 saturated heterocycles. The van der Waals surface area contributed by atoms with Crippen LogP contribution in [-0.2, 0) is 11.2 Å². The third kappa shape index (κ3) is 4.28. The van der Waals surface area contributed by atoms with Crippen LogP contribution in [0.15, 0.2) is 60.7 Å². The highest BCUT2D eigenvalue weighted by Crippen LogP contribution is 2.49. The second-order valence-corrected chi connectivity index (χ2v) is 10.6. The molecule has 0 radical (unpaired) electrons. The van der Waals surface area contributed by atoms with Crippen molar-refractivity contribution in [2.24, 2.45) is 0 Å². The van der Waals surface area contributed by atoms with Gasteiger partial charge in [0.2, 0.25) is 5.91 Å². The molecule has 3 aromatic rings. The van der Waals surface area contributed by atoms with E-state index in [0.717, 1.165) is 17.7 Å². The zero-order valence-electron chi connectivity index (χ0n) is 23.1. The highest BCUT2D eigenvalue weighted by molar-refractivity contribution is 6.02. The summed E-state index contributed by atoms with van der Waals surface area (Å²) < 4.78 is 11.1. The number of carbonyl (C=O) groups excluding carboxylic acids is 3. The zero-order chi connectivity index (χ0) is 28.0. The fraction of sp³-hybridized carbons (Fsp3) is 0.344. The molecule has 2 unspecified atom stereocenters. The lowest BCUT2D eigenvalue weighted by Crippen LogP contribution is -2.54. The minimum atomic E-state index is -0.560. The van der Waals surface area contributed by atoms with Crippen molar-refractivity contribution in [3.05, 3.63) is 88.5 Å². The number of ketones is 1. The van der Waals surface area contributed by atoms with Gasteiger partial charge >= 0.3 is 0 Å². The van der Waals surface area contributed by atoms with Crippen molar-refractivity contribution in [3.8, 4) is 11.5 Å². The quantitative estimate of drug-likeness (QED) is 0.455. The average Bonchev–Trinajstić information content (AvgIpc) is 3.00. The van der Waals surface area contributed by atoms with E-state index in [1.165, 1.54) is 5.56 Å². The second-order valence-electron chi connectivity index (χ2n) is 10.6. The fourth-order valence-corrected chi connectivity index (χ4v) is 6.40. The third-order valence-electron chi connectivity index (χ3n) is 8.53. The SMILES string of the molecule is COc1cc2c(cc1OC)C(C(=O)N1CCN(c3ccc(C(C)=O)cc3)CC1)C1c3ccccc3CCN1C2=O.